The second kappa shape index (κ2) is 13.1. The Bertz CT molecular complexity index is 1480. The van der Waals surface area contributed by atoms with Gasteiger partial charge in [0.05, 0.1) is 0 Å². The lowest BCUT2D eigenvalue weighted by Gasteiger charge is -2.13. The number of esters is 1. The van der Waals surface area contributed by atoms with E-state index in [-0.39, 0.29) is 29.2 Å². The fourth-order valence-corrected chi connectivity index (χ4v) is 3.86. The van der Waals surface area contributed by atoms with Crippen molar-refractivity contribution in [3.05, 3.63) is 70.3 Å². The van der Waals surface area contributed by atoms with Crippen LogP contribution in [0.5, 0.6) is 40.2 Å². The van der Waals surface area contributed by atoms with Crippen LogP contribution >= 0.6 is 0 Å². The number of benzene rings is 3. The summed E-state index contributed by atoms with van der Waals surface area (Å²) < 4.78 is 5.00. The van der Waals surface area contributed by atoms with Crippen molar-refractivity contribution >= 4 is 30.2 Å². The first kappa shape index (κ1) is 30.2. The van der Waals surface area contributed by atoms with Gasteiger partial charge >= 0.3 is 11.9 Å². The molecule has 1 atom stereocenters. The van der Waals surface area contributed by atoms with Crippen molar-refractivity contribution in [3.8, 4) is 40.2 Å². The molecule has 0 saturated carbocycles. The highest BCUT2D eigenvalue weighted by Crippen LogP contribution is 2.36. The van der Waals surface area contributed by atoms with Crippen LogP contribution in [0, 0.1) is 0 Å². The van der Waals surface area contributed by atoms with Gasteiger partial charge in [-0.2, -0.15) is 0 Å². The van der Waals surface area contributed by atoms with Crippen LogP contribution in [0.3, 0.4) is 0 Å². The molecule has 0 heterocycles. The molecular weight excluding hydrogens is 540 g/mol. The number of carboxylic acid groups (broad SMARTS) is 1. The average Bonchev–Trinajstić information content (AvgIpc) is 2.91. The quantitative estimate of drug-likeness (QED) is 0.0704. The molecule has 0 amide bonds. The van der Waals surface area contributed by atoms with E-state index in [1.54, 1.807) is 6.08 Å². The molecule has 0 unspecified atom stereocenters. The number of aryl methyl sites for hydroxylation is 1. The van der Waals surface area contributed by atoms with Gasteiger partial charge in [-0.15, -0.1) is 0 Å². The van der Waals surface area contributed by atoms with E-state index in [1.165, 1.54) is 30.4 Å². The Hall–Kier alpha value is -5.36. The first-order valence-electron chi connectivity index (χ1n) is 12.1. The summed E-state index contributed by atoms with van der Waals surface area (Å²) in [4.78, 5) is 24.1. The fraction of sp³-hybridized carbons (Fsp3) is 0.172. The van der Waals surface area contributed by atoms with Gasteiger partial charge in [-0.25, -0.2) is 9.59 Å². The summed E-state index contributed by atoms with van der Waals surface area (Å²) in [6.07, 6.45) is 3.78. The van der Waals surface area contributed by atoms with Gasteiger partial charge in [0.25, 0.3) is 0 Å². The van der Waals surface area contributed by atoms with Crippen LogP contribution in [0.4, 0.5) is 0 Å². The second-order valence-corrected chi connectivity index (χ2v) is 8.95. The summed E-state index contributed by atoms with van der Waals surface area (Å²) in [5.74, 6) is -6.44. The summed E-state index contributed by atoms with van der Waals surface area (Å²) in [7, 11) is 0. The number of aliphatic carboxylic acids is 1. The predicted octanol–water partition coefficient (Wildman–Crippen LogP) is 2.97. The lowest BCUT2D eigenvalue weighted by molar-refractivity contribution is -0.160. The van der Waals surface area contributed by atoms with Gasteiger partial charge in [-0.1, -0.05) is 12.2 Å². The van der Waals surface area contributed by atoms with E-state index >= 15 is 0 Å². The molecule has 0 radical (unpaired) electrons. The third kappa shape index (κ3) is 7.83. The molecule has 3 aromatic rings. The number of aliphatic hydroxyl groups is 1. The molecule has 12 nitrogen and oxygen atoms in total. The Kier molecular flexibility index (Phi) is 9.67. The molecule has 0 aromatic heterocycles. The Balaban J connectivity index is 1.85. The second-order valence-electron chi connectivity index (χ2n) is 8.95. The highest BCUT2D eigenvalue weighted by molar-refractivity contribution is 5.90. The summed E-state index contributed by atoms with van der Waals surface area (Å²) >= 11 is 0. The van der Waals surface area contributed by atoms with Crippen molar-refractivity contribution in [2.45, 2.75) is 25.4 Å². The van der Waals surface area contributed by atoms with E-state index in [0.29, 0.717) is 29.5 Å². The van der Waals surface area contributed by atoms with E-state index in [4.69, 9.17) is 9.84 Å². The molecule has 0 fully saturated rings. The first-order valence-corrected chi connectivity index (χ1v) is 12.1. The van der Waals surface area contributed by atoms with Gasteiger partial charge in [0.1, 0.15) is 0 Å². The lowest BCUT2D eigenvalue weighted by atomic mass is 9.99. The fourth-order valence-electron chi connectivity index (χ4n) is 3.86. The maximum Gasteiger partial charge on any atom is 0.345 e. The summed E-state index contributed by atoms with van der Waals surface area (Å²) in [5, 5.41) is 87.1. The SMILES string of the molecule is O=C(/C=C/c1cc(O)c(O)cc1/C=C\c1cc(O)c(O)cc1CCCO)O[C@H](Cc1cc(O)c(O)c(O)c1)C(=O)O. The minimum absolute atomic E-state index is 0.0662. The van der Waals surface area contributed by atoms with E-state index < -0.39 is 53.2 Å². The van der Waals surface area contributed by atoms with E-state index in [9.17, 15) is 50.4 Å². The Morgan fingerprint density at radius 1 is 0.707 bits per heavy atom. The zero-order chi connectivity index (χ0) is 30.3. The van der Waals surface area contributed by atoms with Gasteiger partial charge in [0.15, 0.2) is 40.2 Å². The highest BCUT2D eigenvalue weighted by Gasteiger charge is 2.23. The van der Waals surface area contributed by atoms with Crippen molar-refractivity contribution < 1.29 is 60.3 Å². The molecule has 0 saturated heterocycles. The number of aliphatic hydroxyl groups excluding tert-OH is 1. The molecule has 0 spiro atoms. The van der Waals surface area contributed by atoms with Crippen LogP contribution in [0.1, 0.15) is 34.2 Å². The predicted molar refractivity (Wildman–Crippen MR) is 146 cm³/mol. The molecule has 41 heavy (non-hydrogen) atoms. The normalized spacial score (nSPS) is 12.1. The summed E-state index contributed by atoms with van der Waals surface area (Å²) in [6, 6.07) is 7.04. The molecule has 3 rings (SSSR count). The number of carbonyl (C=O) groups is 2. The van der Waals surface area contributed by atoms with Crippen LogP contribution in [-0.4, -0.2) is 70.6 Å². The monoisotopic (exact) mass is 568 g/mol. The van der Waals surface area contributed by atoms with Crippen LogP contribution in [0.2, 0.25) is 0 Å². The zero-order valence-corrected chi connectivity index (χ0v) is 21.4. The third-order valence-electron chi connectivity index (χ3n) is 5.95. The van der Waals surface area contributed by atoms with Crippen LogP contribution in [-0.2, 0) is 27.2 Å². The highest BCUT2D eigenvalue weighted by atomic mass is 16.6. The number of hydrogen-bond donors (Lipinski definition) is 9. The Morgan fingerprint density at radius 3 is 1.78 bits per heavy atom. The number of ether oxygens (including phenoxy) is 1. The van der Waals surface area contributed by atoms with Crippen molar-refractivity contribution in [1.29, 1.82) is 0 Å². The van der Waals surface area contributed by atoms with Gasteiger partial charge in [-0.05, 0) is 83.1 Å². The molecule has 216 valence electrons. The van der Waals surface area contributed by atoms with E-state index in [1.807, 2.05) is 0 Å². The largest absolute Gasteiger partial charge is 0.504 e. The molecule has 0 bridgehead atoms. The molecule has 0 aliphatic carbocycles. The number of rotatable bonds is 11. The lowest BCUT2D eigenvalue weighted by Crippen LogP contribution is -2.28. The molecule has 3 aromatic carbocycles. The number of carboxylic acids is 1. The van der Waals surface area contributed by atoms with Crippen molar-refractivity contribution in [3.63, 3.8) is 0 Å². The maximum absolute atomic E-state index is 12.5. The number of phenolic OH excluding ortho intramolecular Hbond substituents is 7. The van der Waals surface area contributed by atoms with Gasteiger partial charge in [0.2, 0.25) is 6.10 Å². The summed E-state index contributed by atoms with van der Waals surface area (Å²) in [6.45, 7) is -0.0930. The number of carbonyl (C=O) groups excluding carboxylic acids is 1. The van der Waals surface area contributed by atoms with Crippen molar-refractivity contribution in [1.82, 2.24) is 0 Å². The van der Waals surface area contributed by atoms with Crippen LogP contribution in [0.25, 0.3) is 18.2 Å². The molecule has 9 N–H and O–H groups in total. The average molecular weight is 569 g/mol. The molecule has 12 heteroatoms. The standard InChI is InChI=1S/C29H28O12/c30-7-1-2-16-11-20(31)21(32)12-17(16)3-4-18-13-22(33)23(34)14-19(18)5-6-27(37)41-26(29(39)40)10-15-8-24(35)28(38)25(36)9-15/h3-6,8-9,11-14,26,30-36,38H,1-2,7,10H2,(H,39,40)/b4-3-,6-5+/t26-/m1/s1. The third-order valence-corrected chi connectivity index (χ3v) is 5.95. The van der Waals surface area contributed by atoms with E-state index in [2.05, 4.69) is 0 Å². The van der Waals surface area contributed by atoms with Crippen LogP contribution < -0.4 is 0 Å². The van der Waals surface area contributed by atoms with Gasteiger partial charge < -0.3 is 50.7 Å². The Morgan fingerprint density at radius 2 is 1.22 bits per heavy atom. The topological polar surface area (TPSA) is 225 Å². The van der Waals surface area contributed by atoms with Crippen molar-refractivity contribution in [2.24, 2.45) is 0 Å². The Labute approximate surface area is 233 Å². The molecular formula is C29H28O12. The van der Waals surface area contributed by atoms with E-state index in [0.717, 1.165) is 24.3 Å². The number of phenols is 7. The molecule has 0 aliphatic heterocycles. The van der Waals surface area contributed by atoms with Crippen LogP contribution in [0.15, 0.2) is 42.5 Å². The number of hydrogen-bond acceptors (Lipinski definition) is 11. The van der Waals surface area contributed by atoms with Crippen molar-refractivity contribution in [2.75, 3.05) is 6.61 Å². The minimum atomic E-state index is -1.72. The smallest absolute Gasteiger partial charge is 0.345 e. The minimum Gasteiger partial charge on any atom is -0.504 e. The van der Waals surface area contributed by atoms with Gasteiger partial charge in [0, 0.05) is 19.1 Å². The number of aromatic hydroxyl groups is 7. The maximum atomic E-state index is 12.5. The summed E-state index contributed by atoms with van der Waals surface area (Å²) in [5.41, 5.74) is 1.69. The first-order chi connectivity index (χ1) is 19.4. The van der Waals surface area contributed by atoms with Gasteiger partial charge in [-0.3, -0.25) is 0 Å². The molecule has 0 aliphatic rings. The zero-order valence-electron chi connectivity index (χ0n) is 21.4.